The van der Waals surface area contributed by atoms with Crippen molar-refractivity contribution in [3.8, 4) is 0 Å². The highest BCUT2D eigenvalue weighted by atomic mass is 32.1. The molecule has 0 radical (unpaired) electrons. The number of nitrogens with one attached hydrogen (secondary N) is 2. The SMILES string of the molecule is CCC1(CCNC(C)S)CCCN1. The topological polar surface area (TPSA) is 24.1 Å². The van der Waals surface area contributed by atoms with Crippen LogP contribution in [0, 0.1) is 0 Å². The zero-order valence-electron chi connectivity index (χ0n) is 8.77. The van der Waals surface area contributed by atoms with Gasteiger partial charge in [0.15, 0.2) is 0 Å². The van der Waals surface area contributed by atoms with Crippen molar-refractivity contribution in [2.24, 2.45) is 0 Å². The number of thiol groups is 1. The van der Waals surface area contributed by atoms with Crippen LogP contribution in [0.25, 0.3) is 0 Å². The van der Waals surface area contributed by atoms with Crippen molar-refractivity contribution >= 4 is 12.6 Å². The van der Waals surface area contributed by atoms with Gasteiger partial charge in [0, 0.05) is 10.9 Å². The van der Waals surface area contributed by atoms with Crippen LogP contribution in [-0.2, 0) is 0 Å². The lowest BCUT2D eigenvalue weighted by Crippen LogP contribution is -2.42. The van der Waals surface area contributed by atoms with E-state index in [0.717, 1.165) is 6.54 Å². The van der Waals surface area contributed by atoms with Crippen LogP contribution in [0.3, 0.4) is 0 Å². The zero-order chi connectivity index (χ0) is 9.73. The van der Waals surface area contributed by atoms with Crippen LogP contribution in [0.15, 0.2) is 0 Å². The first-order valence-corrected chi connectivity index (χ1v) is 5.87. The summed E-state index contributed by atoms with van der Waals surface area (Å²) in [6.45, 7) is 6.63. The summed E-state index contributed by atoms with van der Waals surface area (Å²) < 4.78 is 0. The van der Waals surface area contributed by atoms with Crippen molar-refractivity contribution < 1.29 is 0 Å². The second-order valence-corrected chi connectivity index (χ2v) is 4.82. The molecule has 0 aromatic rings. The third-order valence-corrected chi connectivity index (χ3v) is 3.23. The standard InChI is InChI=1S/C10H22N2S/c1-3-10(5-4-7-12-10)6-8-11-9(2)13/h9,11-13H,3-8H2,1-2H3. The third-order valence-electron chi connectivity index (χ3n) is 3.05. The molecule has 0 aliphatic carbocycles. The molecule has 2 nitrogen and oxygen atoms in total. The fourth-order valence-electron chi connectivity index (χ4n) is 2.08. The minimum Gasteiger partial charge on any atom is -0.311 e. The van der Waals surface area contributed by atoms with Gasteiger partial charge >= 0.3 is 0 Å². The first-order chi connectivity index (χ1) is 6.18. The molecule has 2 atom stereocenters. The van der Waals surface area contributed by atoms with Gasteiger partial charge < -0.3 is 10.6 Å². The molecule has 1 heterocycles. The van der Waals surface area contributed by atoms with Gasteiger partial charge in [-0.15, -0.1) is 0 Å². The summed E-state index contributed by atoms with van der Waals surface area (Å²) >= 11 is 4.30. The van der Waals surface area contributed by atoms with E-state index >= 15 is 0 Å². The predicted molar refractivity (Wildman–Crippen MR) is 61.3 cm³/mol. The van der Waals surface area contributed by atoms with Gasteiger partial charge in [-0.1, -0.05) is 6.92 Å². The maximum absolute atomic E-state index is 4.30. The van der Waals surface area contributed by atoms with Crippen molar-refractivity contribution in [1.29, 1.82) is 0 Å². The van der Waals surface area contributed by atoms with E-state index in [9.17, 15) is 0 Å². The molecule has 0 spiro atoms. The maximum Gasteiger partial charge on any atom is 0.0473 e. The molecule has 0 amide bonds. The molecule has 3 heteroatoms. The summed E-state index contributed by atoms with van der Waals surface area (Å²) in [6.07, 6.45) is 5.15. The Labute approximate surface area is 87.3 Å². The van der Waals surface area contributed by atoms with E-state index in [4.69, 9.17) is 0 Å². The van der Waals surface area contributed by atoms with Gasteiger partial charge in [-0.2, -0.15) is 12.6 Å². The molecule has 78 valence electrons. The van der Waals surface area contributed by atoms with Gasteiger partial charge in [0.1, 0.15) is 0 Å². The summed E-state index contributed by atoms with van der Waals surface area (Å²) in [5, 5.41) is 7.30. The van der Waals surface area contributed by atoms with Crippen LogP contribution in [0.4, 0.5) is 0 Å². The molecule has 0 bridgehead atoms. The predicted octanol–water partition coefficient (Wildman–Crippen LogP) is 1.77. The van der Waals surface area contributed by atoms with Crippen molar-refractivity contribution in [2.45, 2.75) is 50.4 Å². The molecule has 0 aromatic carbocycles. The van der Waals surface area contributed by atoms with E-state index in [1.165, 1.54) is 32.2 Å². The Morgan fingerprint density at radius 3 is 2.85 bits per heavy atom. The highest BCUT2D eigenvalue weighted by Crippen LogP contribution is 2.25. The fourth-order valence-corrected chi connectivity index (χ4v) is 2.21. The Morgan fingerprint density at radius 2 is 2.38 bits per heavy atom. The lowest BCUT2D eigenvalue weighted by molar-refractivity contribution is 0.329. The second-order valence-electron chi connectivity index (χ2n) is 4.04. The van der Waals surface area contributed by atoms with Crippen molar-refractivity contribution in [3.05, 3.63) is 0 Å². The van der Waals surface area contributed by atoms with Crippen LogP contribution in [0.2, 0.25) is 0 Å². The number of rotatable bonds is 5. The smallest absolute Gasteiger partial charge is 0.0473 e. The molecule has 0 aromatic heterocycles. The molecule has 1 rings (SSSR count). The van der Waals surface area contributed by atoms with Gasteiger partial charge in [-0.05, 0) is 45.7 Å². The Balaban J connectivity index is 2.23. The highest BCUT2D eigenvalue weighted by Gasteiger charge is 2.30. The largest absolute Gasteiger partial charge is 0.311 e. The Bertz CT molecular complexity index is 142. The van der Waals surface area contributed by atoms with E-state index < -0.39 is 0 Å². The minimum absolute atomic E-state index is 0.315. The van der Waals surface area contributed by atoms with E-state index in [1.807, 2.05) is 0 Å². The Morgan fingerprint density at radius 1 is 1.62 bits per heavy atom. The summed E-state index contributed by atoms with van der Waals surface area (Å²) in [5.41, 5.74) is 0.426. The van der Waals surface area contributed by atoms with Crippen molar-refractivity contribution in [3.63, 3.8) is 0 Å². The molecular weight excluding hydrogens is 180 g/mol. The summed E-state index contributed by atoms with van der Waals surface area (Å²) in [5.74, 6) is 0. The molecule has 2 N–H and O–H groups in total. The van der Waals surface area contributed by atoms with Gasteiger partial charge in [-0.25, -0.2) is 0 Å². The minimum atomic E-state index is 0.315. The first kappa shape index (κ1) is 11.3. The highest BCUT2D eigenvalue weighted by molar-refractivity contribution is 7.80. The fraction of sp³-hybridized carbons (Fsp3) is 1.00. The molecule has 1 aliphatic rings. The van der Waals surface area contributed by atoms with E-state index in [0.29, 0.717) is 10.9 Å². The average Bonchev–Trinajstić information content (AvgIpc) is 2.53. The average molecular weight is 202 g/mol. The Hall–Kier alpha value is 0.270. The monoisotopic (exact) mass is 202 g/mol. The molecule has 1 saturated heterocycles. The molecule has 1 aliphatic heterocycles. The quantitative estimate of drug-likeness (QED) is 0.467. The molecule has 0 saturated carbocycles. The van der Waals surface area contributed by atoms with E-state index in [2.05, 4.69) is 37.1 Å². The van der Waals surface area contributed by atoms with Crippen molar-refractivity contribution in [2.75, 3.05) is 13.1 Å². The van der Waals surface area contributed by atoms with Crippen molar-refractivity contribution in [1.82, 2.24) is 10.6 Å². The lowest BCUT2D eigenvalue weighted by atomic mass is 9.90. The van der Waals surface area contributed by atoms with Crippen LogP contribution in [-0.4, -0.2) is 24.0 Å². The van der Waals surface area contributed by atoms with Crippen LogP contribution >= 0.6 is 12.6 Å². The van der Waals surface area contributed by atoms with Gasteiger partial charge in [0.05, 0.1) is 0 Å². The normalized spacial score (nSPS) is 30.7. The molecule has 1 fully saturated rings. The van der Waals surface area contributed by atoms with Crippen LogP contribution in [0.1, 0.15) is 39.5 Å². The molecular formula is C10H22N2S. The number of hydrogen-bond acceptors (Lipinski definition) is 3. The van der Waals surface area contributed by atoms with Crippen LogP contribution < -0.4 is 10.6 Å². The first-order valence-electron chi connectivity index (χ1n) is 5.35. The van der Waals surface area contributed by atoms with Gasteiger partial charge in [0.2, 0.25) is 0 Å². The summed E-state index contributed by atoms with van der Waals surface area (Å²) in [6, 6.07) is 0. The van der Waals surface area contributed by atoms with E-state index in [1.54, 1.807) is 0 Å². The lowest BCUT2D eigenvalue weighted by Gasteiger charge is -2.28. The summed E-state index contributed by atoms with van der Waals surface area (Å²) in [4.78, 5) is 0. The van der Waals surface area contributed by atoms with Gasteiger partial charge in [0.25, 0.3) is 0 Å². The molecule has 2 unspecified atom stereocenters. The second kappa shape index (κ2) is 5.23. The van der Waals surface area contributed by atoms with E-state index in [-0.39, 0.29) is 0 Å². The number of hydrogen-bond donors (Lipinski definition) is 3. The molecule has 13 heavy (non-hydrogen) atoms. The zero-order valence-corrected chi connectivity index (χ0v) is 9.66. The Kier molecular flexibility index (Phi) is 4.56. The maximum atomic E-state index is 4.30. The summed E-state index contributed by atoms with van der Waals surface area (Å²) in [7, 11) is 0. The third kappa shape index (κ3) is 3.49. The van der Waals surface area contributed by atoms with Gasteiger partial charge in [-0.3, -0.25) is 0 Å². The van der Waals surface area contributed by atoms with Crippen LogP contribution in [0.5, 0.6) is 0 Å².